The number of likely N-dealkylation sites (tertiary alicyclic amines) is 1. The van der Waals surface area contributed by atoms with Gasteiger partial charge < -0.3 is 4.90 Å². The van der Waals surface area contributed by atoms with Crippen LogP contribution in [-0.4, -0.2) is 40.2 Å². The van der Waals surface area contributed by atoms with E-state index in [0.717, 1.165) is 38.6 Å². The summed E-state index contributed by atoms with van der Waals surface area (Å²) in [6, 6.07) is 19.6. The fourth-order valence-electron chi connectivity index (χ4n) is 5.57. The highest BCUT2D eigenvalue weighted by Gasteiger charge is 2.38. The van der Waals surface area contributed by atoms with Crippen molar-refractivity contribution in [2.45, 2.75) is 60.8 Å². The standard InChI is InChI=1S/C29H31ClN2O5S2/c30-28-21-25(17-16-22(28)20-23-18-19-31(29(23)33)24-10-4-1-5-11-24)32(38(34,35)26-12-6-2-7-13-26)39(36,37)27-14-8-3-9-15-27/h2-3,6-9,12-17,21,23-24H,1,4-5,10-11,18-20H2. The molecule has 3 aromatic rings. The molecule has 0 bridgehead atoms. The van der Waals surface area contributed by atoms with E-state index < -0.39 is 20.0 Å². The molecule has 1 heterocycles. The average molecular weight is 587 g/mol. The maximum Gasteiger partial charge on any atom is 0.277 e. The molecule has 39 heavy (non-hydrogen) atoms. The van der Waals surface area contributed by atoms with Crippen molar-refractivity contribution >= 4 is 43.2 Å². The van der Waals surface area contributed by atoms with Gasteiger partial charge in [-0.25, -0.2) is 16.8 Å². The lowest BCUT2D eigenvalue weighted by molar-refractivity contribution is -0.133. The van der Waals surface area contributed by atoms with Crippen LogP contribution in [0.1, 0.15) is 44.1 Å². The average Bonchev–Trinajstić information content (AvgIpc) is 3.31. The van der Waals surface area contributed by atoms with Gasteiger partial charge in [0.15, 0.2) is 0 Å². The van der Waals surface area contributed by atoms with E-state index in [4.69, 9.17) is 11.6 Å². The molecule has 10 heteroatoms. The molecule has 1 atom stereocenters. The second-order valence-corrected chi connectivity index (χ2v) is 14.3. The van der Waals surface area contributed by atoms with Crippen LogP contribution in [-0.2, 0) is 31.3 Å². The number of benzene rings is 3. The minimum atomic E-state index is -4.51. The Morgan fingerprint density at radius 1 is 0.769 bits per heavy atom. The summed E-state index contributed by atoms with van der Waals surface area (Å²) in [6.07, 6.45) is 6.79. The van der Waals surface area contributed by atoms with E-state index in [1.165, 1.54) is 67.1 Å². The van der Waals surface area contributed by atoms with Crippen molar-refractivity contribution < 1.29 is 21.6 Å². The lowest BCUT2D eigenvalue weighted by Gasteiger charge is -2.31. The number of carbonyl (C=O) groups is 1. The summed E-state index contributed by atoms with van der Waals surface area (Å²) >= 11 is 6.64. The van der Waals surface area contributed by atoms with Gasteiger partial charge in [0, 0.05) is 23.5 Å². The van der Waals surface area contributed by atoms with Gasteiger partial charge in [-0.1, -0.05) is 73.3 Å². The molecule has 2 aliphatic rings. The molecule has 0 spiro atoms. The van der Waals surface area contributed by atoms with E-state index in [1.54, 1.807) is 18.2 Å². The smallest absolute Gasteiger partial charge is 0.277 e. The highest BCUT2D eigenvalue weighted by molar-refractivity contribution is 8.10. The number of nitrogens with zero attached hydrogens (tertiary/aromatic N) is 2. The first-order valence-corrected chi connectivity index (χ1v) is 16.4. The molecule has 1 saturated heterocycles. The summed E-state index contributed by atoms with van der Waals surface area (Å²) in [5, 5.41) is 0.216. The molecule has 5 rings (SSSR count). The zero-order chi connectivity index (χ0) is 27.6. The number of anilines is 1. The second-order valence-electron chi connectivity index (χ2n) is 10.1. The zero-order valence-electron chi connectivity index (χ0n) is 21.4. The Labute approximate surface area is 235 Å². The third-order valence-electron chi connectivity index (χ3n) is 7.60. The first-order valence-electron chi connectivity index (χ1n) is 13.2. The Morgan fingerprint density at radius 3 is 1.87 bits per heavy atom. The number of rotatable bonds is 8. The van der Waals surface area contributed by atoms with Crippen molar-refractivity contribution in [3.05, 3.63) is 89.4 Å². The Kier molecular flexibility index (Phi) is 8.03. The van der Waals surface area contributed by atoms with Crippen molar-refractivity contribution in [3.63, 3.8) is 0 Å². The van der Waals surface area contributed by atoms with Gasteiger partial charge in [0.05, 0.1) is 15.5 Å². The van der Waals surface area contributed by atoms with E-state index in [9.17, 15) is 21.6 Å². The van der Waals surface area contributed by atoms with Gasteiger partial charge in [0.2, 0.25) is 5.91 Å². The lowest BCUT2D eigenvalue weighted by Crippen LogP contribution is -2.39. The highest BCUT2D eigenvalue weighted by Crippen LogP contribution is 2.36. The van der Waals surface area contributed by atoms with Gasteiger partial charge in [0.25, 0.3) is 20.0 Å². The van der Waals surface area contributed by atoms with Crippen molar-refractivity contribution in [2.75, 3.05) is 10.3 Å². The van der Waals surface area contributed by atoms with Crippen LogP contribution in [0.5, 0.6) is 0 Å². The van der Waals surface area contributed by atoms with E-state index >= 15 is 0 Å². The van der Waals surface area contributed by atoms with Crippen LogP contribution in [0.3, 0.4) is 0 Å². The molecule has 206 valence electrons. The normalized spacial score (nSPS) is 18.8. The van der Waals surface area contributed by atoms with Crippen molar-refractivity contribution in [1.82, 2.24) is 4.90 Å². The fraction of sp³-hybridized carbons (Fsp3) is 0.345. The molecule has 0 radical (unpaired) electrons. The first kappa shape index (κ1) is 27.7. The SMILES string of the molecule is O=C1C(Cc2ccc(N(S(=O)(=O)c3ccccc3)S(=O)(=O)c3ccccc3)cc2Cl)CCN1C1CCCCC1. The topological polar surface area (TPSA) is 91.8 Å². The minimum absolute atomic E-state index is 0.0990. The quantitative estimate of drug-likeness (QED) is 0.340. The van der Waals surface area contributed by atoms with Crippen molar-refractivity contribution in [2.24, 2.45) is 5.92 Å². The van der Waals surface area contributed by atoms with Crippen LogP contribution in [0.15, 0.2) is 88.7 Å². The van der Waals surface area contributed by atoms with Crippen LogP contribution in [0.2, 0.25) is 5.02 Å². The minimum Gasteiger partial charge on any atom is -0.339 e. The second kappa shape index (κ2) is 11.3. The highest BCUT2D eigenvalue weighted by atomic mass is 35.5. The number of carbonyl (C=O) groups excluding carboxylic acids is 1. The molecule has 0 N–H and O–H groups in total. The van der Waals surface area contributed by atoms with E-state index in [-0.39, 0.29) is 32.3 Å². The Bertz CT molecular complexity index is 1470. The molecule has 2 fully saturated rings. The summed E-state index contributed by atoms with van der Waals surface area (Å²) in [4.78, 5) is 14.9. The maximum absolute atomic E-state index is 13.7. The van der Waals surface area contributed by atoms with Gasteiger partial charge in [0.1, 0.15) is 0 Å². The summed E-state index contributed by atoms with van der Waals surface area (Å²) in [5.74, 6) is -0.0607. The molecule has 3 aromatic carbocycles. The van der Waals surface area contributed by atoms with Gasteiger partial charge in [-0.3, -0.25) is 4.79 Å². The van der Waals surface area contributed by atoms with Crippen LogP contribution in [0, 0.1) is 5.92 Å². The summed E-state index contributed by atoms with van der Waals surface area (Å²) in [5.41, 5.74) is 0.580. The molecule has 1 aliphatic heterocycles. The van der Waals surface area contributed by atoms with Crippen LogP contribution < -0.4 is 3.71 Å². The molecule has 1 amide bonds. The largest absolute Gasteiger partial charge is 0.339 e. The Morgan fingerprint density at radius 2 is 1.33 bits per heavy atom. The van der Waals surface area contributed by atoms with Crippen LogP contribution >= 0.6 is 11.6 Å². The fourth-order valence-corrected chi connectivity index (χ4v) is 9.54. The Hall–Kier alpha value is -2.88. The Balaban J connectivity index is 1.46. The van der Waals surface area contributed by atoms with Crippen molar-refractivity contribution in [3.8, 4) is 0 Å². The predicted molar refractivity (Wildman–Crippen MR) is 152 cm³/mol. The molecular formula is C29H31ClN2O5S2. The number of amides is 1. The number of hydrogen-bond donors (Lipinski definition) is 0. The van der Waals surface area contributed by atoms with Crippen LogP contribution in [0.4, 0.5) is 5.69 Å². The summed E-state index contributed by atoms with van der Waals surface area (Å²) < 4.78 is 55.3. The van der Waals surface area contributed by atoms with Gasteiger partial charge in [-0.05, 0) is 67.6 Å². The molecule has 7 nitrogen and oxygen atoms in total. The first-order chi connectivity index (χ1) is 18.7. The molecule has 0 aromatic heterocycles. The number of hydrogen-bond acceptors (Lipinski definition) is 5. The van der Waals surface area contributed by atoms with Gasteiger partial charge in [-0.15, -0.1) is 0 Å². The third kappa shape index (κ3) is 5.58. The molecule has 1 aliphatic carbocycles. The van der Waals surface area contributed by atoms with E-state index in [2.05, 4.69) is 0 Å². The predicted octanol–water partition coefficient (Wildman–Crippen LogP) is 5.65. The summed E-state index contributed by atoms with van der Waals surface area (Å²) in [7, 11) is -9.03. The molecular weight excluding hydrogens is 556 g/mol. The molecule has 1 saturated carbocycles. The zero-order valence-corrected chi connectivity index (χ0v) is 23.8. The lowest BCUT2D eigenvalue weighted by atomic mass is 9.94. The van der Waals surface area contributed by atoms with Crippen LogP contribution in [0.25, 0.3) is 0 Å². The van der Waals surface area contributed by atoms with E-state index in [1.807, 2.05) is 4.90 Å². The van der Waals surface area contributed by atoms with Gasteiger partial charge >= 0.3 is 0 Å². The number of halogens is 1. The van der Waals surface area contributed by atoms with E-state index in [0.29, 0.717) is 21.7 Å². The monoisotopic (exact) mass is 586 g/mol. The maximum atomic E-state index is 13.7. The van der Waals surface area contributed by atoms with Gasteiger partial charge in [-0.2, -0.15) is 3.71 Å². The molecule has 1 unspecified atom stereocenters. The third-order valence-corrected chi connectivity index (χ3v) is 12.2. The van der Waals surface area contributed by atoms with Crippen molar-refractivity contribution in [1.29, 1.82) is 0 Å². The summed E-state index contributed by atoms with van der Waals surface area (Å²) in [6.45, 7) is 0.738. The number of sulfonamides is 2.